The van der Waals surface area contributed by atoms with Gasteiger partial charge in [0.1, 0.15) is 6.04 Å². The maximum absolute atomic E-state index is 13.4. The molecule has 0 heterocycles. The number of carbonyl (C=O) groups is 4. The van der Waals surface area contributed by atoms with Gasteiger partial charge >= 0.3 is 18.3 Å². The first-order valence-corrected chi connectivity index (χ1v) is 18.3. The molecule has 10 N–H and O–H groups in total. The number of aliphatic carboxylic acids is 1. The Balaban J connectivity index is 0.000000548. The van der Waals surface area contributed by atoms with Gasteiger partial charge in [-0.1, -0.05) is 19.6 Å². The standard InChI is InChI=1S/C21H18F3N5O3.C13H13F3N2O3.C8H7N3O.CH4/c1-11-15(8-9-16(26-3)17(11)21(22,23)24)27-18(12(2)30)20(32)29-28-19(31)14-6-4-13(10-25)5-7-14;1-6-8(18-11(7(2)19)12(20)21)4-5-9(17-3)10(6)13(14,15)16;9-5-6-1-3-7(4-2-6)8(12)11-10;/h4-9,12,18,27,30H,1-2H3,(H,28,31)(H,29,32);4-5,7,11,18-19H,1-2H3,(H,20,21);1-4H,10H2,(H,11,12);1H4/t12-,18+;7-,11+;;/m00../s1. The molecule has 0 unspecified atom stereocenters. The molecule has 0 saturated carbocycles. The number of alkyl halides is 6. The van der Waals surface area contributed by atoms with E-state index in [1.54, 1.807) is 24.3 Å². The third-order valence-electron chi connectivity index (χ3n) is 8.81. The number of amides is 3. The van der Waals surface area contributed by atoms with E-state index in [1.807, 2.05) is 17.6 Å². The van der Waals surface area contributed by atoms with Crippen molar-refractivity contribution in [3.05, 3.63) is 140 Å². The zero-order valence-electron chi connectivity index (χ0n) is 34.3. The Kier molecular flexibility index (Phi) is 20.8. The first kappa shape index (κ1) is 55.8. The molecule has 0 aliphatic heterocycles. The van der Waals surface area contributed by atoms with Crippen LogP contribution in [0.1, 0.15) is 75.4 Å². The van der Waals surface area contributed by atoms with Gasteiger partial charge in [0.2, 0.25) is 0 Å². The number of carbonyl (C=O) groups excluding carboxylic acids is 3. The summed E-state index contributed by atoms with van der Waals surface area (Å²) in [7, 11) is 0. The van der Waals surface area contributed by atoms with Gasteiger partial charge in [0.15, 0.2) is 17.4 Å². The topological polar surface area (TPSA) is 271 Å². The van der Waals surface area contributed by atoms with Crippen LogP contribution in [0, 0.1) is 49.7 Å². The van der Waals surface area contributed by atoms with Crippen molar-refractivity contribution in [1.82, 2.24) is 16.3 Å². The molecule has 0 spiro atoms. The van der Waals surface area contributed by atoms with Gasteiger partial charge in [-0.3, -0.25) is 30.7 Å². The third kappa shape index (κ3) is 15.2. The number of rotatable bonds is 10. The van der Waals surface area contributed by atoms with Crippen molar-refractivity contribution in [2.24, 2.45) is 5.84 Å². The fraction of sp³-hybridized carbons (Fsp3) is 0.256. The second kappa shape index (κ2) is 24.6. The first-order valence-electron chi connectivity index (χ1n) is 18.3. The molecule has 0 radical (unpaired) electrons. The highest BCUT2D eigenvalue weighted by atomic mass is 19.4. The van der Waals surface area contributed by atoms with Gasteiger partial charge in [-0.05, 0) is 99.5 Å². The van der Waals surface area contributed by atoms with E-state index in [-0.39, 0.29) is 41.4 Å². The van der Waals surface area contributed by atoms with Crippen LogP contribution in [0.4, 0.5) is 49.1 Å². The number of hydrogen-bond donors (Lipinski definition) is 9. The van der Waals surface area contributed by atoms with E-state index >= 15 is 0 Å². The quantitative estimate of drug-likeness (QED) is 0.0265. The van der Waals surface area contributed by atoms with Gasteiger partial charge in [-0.15, -0.1) is 0 Å². The number of nitrogens with zero attached hydrogens (tertiary/aromatic N) is 4. The van der Waals surface area contributed by atoms with Gasteiger partial charge in [-0.2, -0.15) is 36.9 Å². The van der Waals surface area contributed by atoms with Gasteiger partial charge in [0.25, 0.3) is 17.7 Å². The van der Waals surface area contributed by atoms with Crippen LogP contribution in [0.15, 0.2) is 72.8 Å². The molecule has 17 nitrogen and oxygen atoms in total. The number of carboxylic acid groups (broad SMARTS) is 1. The van der Waals surface area contributed by atoms with E-state index in [0.717, 1.165) is 26.0 Å². The molecule has 0 aliphatic carbocycles. The molecular formula is C43H42F6N10O7. The summed E-state index contributed by atoms with van der Waals surface area (Å²) < 4.78 is 79.1. The van der Waals surface area contributed by atoms with Gasteiger partial charge in [-0.25, -0.2) is 20.3 Å². The second-order valence-electron chi connectivity index (χ2n) is 13.3. The molecule has 0 fully saturated rings. The Labute approximate surface area is 374 Å². The summed E-state index contributed by atoms with van der Waals surface area (Å²) in [6, 6.07) is 17.0. The number of aliphatic hydroxyl groups is 2. The molecule has 4 aromatic carbocycles. The summed E-state index contributed by atoms with van der Waals surface area (Å²) in [5.74, 6) is 1.54. The lowest BCUT2D eigenvalue weighted by Gasteiger charge is -2.24. The van der Waals surface area contributed by atoms with Crippen LogP contribution in [0.3, 0.4) is 0 Å². The Bertz CT molecular complexity index is 2540. The van der Waals surface area contributed by atoms with E-state index in [9.17, 15) is 55.7 Å². The molecule has 348 valence electrons. The Hall–Kier alpha value is -8.22. The summed E-state index contributed by atoms with van der Waals surface area (Å²) in [6.07, 6.45) is -12.2. The van der Waals surface area contributed by atoms with Crippen molar-refractivity contribution in [3.8, 4) is 12.1 Å². The molecule has 3 amide bonds. The molecule has 0 aromatic heterocycles. The molecule has 66 heavy (non-hydrogen) atoms. The Morgan fingerprint density at radius 1 is 0.652 bits per heavy atom. The summed E-state index contributed by atoms with van der Waals surface area (Å²) in [5.41, 5.74) is 3.46. The van der Waals surface area contributed by atoms with Crippen molar-refractivity contribution in [2.75, 3.05) is 10.6 Å². The predicted octanol–water partition coefficient (Wildman–Crippen LogP) is 6.67. The number of carboxylic acids is 1. The van der Waals surface area contributed by atoms with Gasteiger partial charge in [0.05, 0.1) is 59.7 Å². The minimum absolute atomic E-state index is 0. The van der Waals surface area contributed by atoms with E-state index in [4.69, 9.17) is 34.6 Å². The van der Waals surface area contributed by atoms with Crippen LogP contribution in [0.2, 0.25) is 0 Å². The number of nitrogens with one attached hydrogen (secondary N) is 5. The molecule has 0 aliphatic rings. The number of anilines is 2. The highest BCUT2D eigenvalue weighted by Gasteiger charge is 2.38. The maximum Gasteiger partial charge on any atom is 0.407 e. The molecular weight excluding hydrogens is 883 g/mol. The number of hydrazine groups is 2. The van der Waals surface area contributed by atoms with E-state index in [2.05, 4.69) is 31.2 Å². The van der Waals surface area contributed by atoms with Crippen LogP contribution < -0.4 is 32.8 Å². The number of nitrogens with two attached hydrogens (primary N) is 1. The average Bonchev–Trinajstić information content (AvgIpc) is 3.25. The minimum Gasteiger partial charge on any atom is -0.480 e. The number of aliphatic hydroxyl groups excluding tert-OH is 2. The summed E-state index contributed by atoms with van der Waals surface area (Å²) in [4.78, 5) is 52.2. The van der Waals surface area contributed by atoms with E-state index in [0.29, 0.717) is 16.7 Å². The smallest absolute Gasteiger partial charge is 0.407 e. The molecule has 4 atom stereocenters. The van der Waals surface area contributed by atoms with Crippen LogP contribution in [0.5, 0.6) is 0 Å². The number of benzene rings is 4. The monoisotopic (exact) mass is 924 g/mol. The lowest BCUT2D eigenvalue weighted by Crippen LogP contribution is -2.52. The van der Waals surface area contributed by atoms with Crippen LogP contribution >= 0.6 is 0 Å². The normalized spacial score (nSPS) is 12.2. The zero-order chi connectivity index (χ0) is 49.4. The highest BCUT2D eigenvalue weighted by Crippen LogP contribution is 2.42. The minimum atomic E-state index is -4.79. The third-order valence-corrected chi connectivity index (χ3v) is 8.81. The van der Waals surface area contributed by atoms with Gasteiger partial charge in [0, 0.05) is 22.5 Å². The molecule has 0 bridgehead atoms. The number of nitrogen functional groups attached to an aromatic ring is 1. The van der Waals surface area contributed by atoms with Crippen molar-refractivity contribution in [2.45, 2.75) is 71.8 Å². The Morgan fingerprint density at radius 3 is 1.32 bits per heavy atom. The SMILES string of the molecule is C.N#Cc1ccc(C(=O)NN)cc1.[C-]#[N+]c1ccc(N[C@@H](C(=O)NNC(=O)c2ccc(C#N)cc2)[C@H](C)O)c(C)c1C(F)(F)F.[C-]#[N+]c1ccc(N[C@@H](C(=O)O)[C@H](C)O)c(C)c1C(F)(F)F. The predicted molar refractivity (Wildman–Crippen MR) is 227 cm³/mol. The highest BCUT2D eigenvalue weighted by molar-refractivity contribution is 5.96. The maximum atomic E-state index is 13.4. The van der Waals surface area contributed by atoms with Crippen LogP contribution in [-0.4, -0.2) is 63.3 Å². The van der Waals surface area contributed by atoms with Crippen molar-refractivity contribution < 1.29 is 60.8 Å². The zero-order valence-corrected chi connectivity index (χ0v) is 34.3. The second-order valence-corrected chi connectivity index (χ2v) is 13.3. The lowest BCUT2D eigenvalue weighted by molar-refractivity contribution is -0.140. The molecule has 0 saturated heterocycles. The average molecular weight is 925 g/mol. The van der Waals surface area contributed by atoms with E-state index < -0.39 is 76.9 Å². The Morgan fingerprint density at radius 2 is 1.02 bits per heavy atom. The number of nitriles is 2. The molecule has 23 heteroatoms. The fourth-order valence-electron chi connectivity index (χ4n) is 5.48. The van der Waals surface area contributed by atoms with E-state index in [1.165, 1.54) is 50.2 Å². The fourth-order valence-corrected chi connectivity index (χ4v) is 5.48. The van der Waals surface area contributed by atoms with Crippen molar-refractivity contribution in [3.63, 3.8) is 0 Å². The van der Waals surface area contributed by atoms with Gasteiger partial charge < -0.3 is 26.0 Å². The molecule has 4 aromatic rings. The summed E-state index contributed by atoms with van der Waals surface area (Å²) >= 11 is 0. The largest absolute Gasteiger partial charge is 0.480 e. The van der Waals surface area contributed by atoms with Crippen LogP contribution in [-0.2, 0) is 21.9 Å². The summed E-state index contributed by atoms with van der Waals surface area (Å²) in [6.45, 7) is 18.5. The van der Waals surface area contributed by atoms with Crippen LogP contribution in [0.25, 0.3) is 9.69 Å². The summed E-state index contributed by atoms with van der Waals surface area (Å²) in [5, 5.41) is 50.4. The lowest BCUT2D eigenvalue weighted by atomic mass is 10.0. The van der Waals surface area contributed by atoms with Crippen molar-refractivity contribution in [1.29, 1.82) is 10.5 Å². The first-order chi connectivity index (χ1) is 30.4. The number of halogens is 6. The number of hydrogen-bond acceptors (Lipinski definition) is 11. The molecule has 4 rings (SSSR count). The van der Waals surface area contributed by atoms with Crippen molar-refractivity contribution >= 4 is 46.4 Å².